The van der Waals surface area contributed by atoms with E-state index in [0.717, 1.165) is 42.3 Å². The van der Waals surface area contributed by atoms with Crippen molar-refractivity contribution < 1.29 is 4.79 Å². The fourth-order valence-electron chi connectivity index (χ4n) is 3.19. The van der Waals surface area contributed by atoms with Gasteiger partial charge in [0.25, 0.3) is 0 Å². The Labute approximate surface area is 158 Å². The number of fused-ring (bicyclic) bond motifs is 1. The predicted octanol–water partition coefficient (Wildman–Crippen LogP) is 4.36. The van der Waals surface area contributed by atoms with Crippen molar-refractivity contribution in [2.45, 2.75) is 19.3 Å². The Balaban J connectivity index is 1.29. The van der Waals surface area contributed by atoms with E-state index in [0.29, 0.717) is 6.42 Å². The monoisotopic (exact) mass is 363 g/mol. The van der Waals surface area contributed by atoms with Crippen LogP contribution in [0.1, 0.15) is 24.0 Å². The summed E-state index contributed by atoms with van der Waals surface area (Å²) in [4.78, 5) is 18.9. The molecule has 2 heterocycles. The smallest absolute Gasteiger partial charge is 0.224 e. The molecule has 4 rings (SSSR count). The topological polar surface area (TPSA) is 44.7 Å². The summed E-state index contributed by atoms with van der Waals surface area (Å²) in [6.45, 7) is 1.82. The molecular weight excluding hydrogens is 342 g/mol. The lowest BCUT2D eigenvalue weighted by molar-refractivity contribution is -0.116. The van der Waals surface area contributed by atoms with Gasteiger partial charge in [-0.1, -0.05) is 54.2 Å². The standard InChI is InChI=1S/C21H21N3OS/c25-20(8-4-7-16-5-2-1-3-6-16)23-18-11-9-17(10-12-18)19-15-26-21-22-13-14-24(19)21/h1-3,5-6,9-12,15H,4,7-8,13-14H2,(H,23,25). The van der Waals surface area contributed by atoms with Crippen molar-refractivity contribution in [3.8, 4) is 0 Å². The number of hydrogen-bond acceptors (Lipinski definition) is 4. The first-order valence-corrected chi connectivity index (χ1v) is 9.80. The molecule has 2 aromatic rings. The summed E-state index contributed by atoms with van der Waals surface area (Å²) >= 11 is 1.68. The highest BCUT2D eigenvalue weighted by Gasteiger charge is 2.26. The van der Waals surface area contributed by atoms with Crippen LogP contribution in [-0.2, 0) is 11.2 Å². The van der Waals surface area contributed by atoms with Crippen molar-refractivity contribution in [1.29, 1.82) is 0 Å². The van der Waals surface area contributed by atoms with Gasteiger partial charge in [0.05, 0.1) is 12.2 Å². The van der Waals surface area contributed by atoms with Gasteiger partial charge in [-0.15, -0.1) is 0 Å². The number of hydrogen-bond donors (Lipinski definition) is 1. The van der Waals surface area contributed by atoms with E-state index in [1.807, 2.05) is 30.3 Å². The lowest BCUT2D eigenvalue weighted by Gasteiger charge is -2.16. The van der Waals surface area contributed by atoms with E-state index >= 15 is 0 Å². The van der Waals surface area contributed by atoms with Gasteiger partial charge in [-0.05, 0) is 36.1 Å². The van der Waals surface area contributed by atoms with Crippen LogP contribution in [0.25, 0.3) is 5.70 Å². The van der Waals surface area contributed by atoms with Gasteiger partial charge in [-0.3, -0.25) is 9.79 Å². The molecule has 0 atom stereocenters. The number of nitrogens with zero attached hydrogens (tertiary/aromatic N) is 2. The largest absolute Gasteiger partial charge is 0.326 e. The van der Waals surface area contributed by atoms with E-state index in [4.69, 9.17) is 0 Å². The number of benzene rings is 2. The van der Waals surface area contributed by atoms with Crippen LogP contribution in [0.2, 0.25) is 0 Å². The van der Waals surface area contributed by atoms with E-state index in [2.05, 4.69) is 44.9 Å². The van der Waals surface area contributed by atoms with Crippen LogP contribution in [0.5, 0.6) is 0 Å². The van der Waals surface area contributed by atoms with Gasteiger partial charge < -0.3 is 10.2 Å². The van der Waals surface area contributed by atoms with Gasteiger partial charge in [-0.2, -0.15) is 0 Å². The number of aryl methyl sites for hydroxylation is 1. The number of anilines is 1. The number of rotatable bonds is 6. The zero-order valence-corrected chi connectivity index (χ0v) is 15.3. The van der Waals surface area contributed by atoms with E-state index in [1.165, 1.54) is 11.3 Å². The number of aliphatic imine (C=N–C) groups is 1. The fourth-order valence-corrected chi connectivity index (χ4v) is 4.16. The molecule has 0 fully saturated rings. The summed E-state index contributed by atoms with van der Waals surface area (Å²) in [5.41, 5.74) is 4.48. The molecule has 0 spiro atoms. The molecule has 5 heteroatoms. The highest BCUT2D eigenvalue weighted by molar-refractivity contribution is 8.16. The molecule has 2 aromatic carbocycles. The Kier molecular flexibility index (Phi) is 5.07. The number of amidine groups is 1. The molecule has 0 radical (unpaired) electrons. The first-order valence-electron chi connectivity index (χ1n) is 8.93. The maximum absolute atomic E-state index is 12.1. The van der Waals surface area contributed by atoms with Gasteiger partial charge in [0.15, 0.2) is 5.17 Å². The molecule has 1 amide bonds. The van der Waals surface area contributed by atoms with Gasteiger partial charge in [0.2, 0.25) is 5.91 Å². The molecule has 2 aliphatic rings. The zero-order valence-electron chi connectivity index (χ0n) is 14.5. The van der Waals surface area contributed by atoms with Gasteiger partial charge >= 0.3 is 0 Å². The number of nitrogens with one attached hydrogen (secondary N) is 1. The minimum absolute atomic E-state index is 0.0679. The van der Waals surface area contributed by atoms with Crippen molar-refractivity contribution in [3.63, 3.8) is 0 Å². The maximum atomic E-state index is 12.1. The van der Waals surface area contributed by atoms with Crippen LogP contribution in [0.3, 0.4) is 0 Å². The van der Waals surface area contributed by atoms with Crippen molar-refractivity contribution in [3.05, 3.63) is 71.1 Å². The van der Waals surface area contributed by atoms with Crippen molar-refractivity contribution in [2.75, 3.05) is 18.4 Å². The summed E-state index contributed by atoms with van der Waals surface area (Å²) in [5.74, 6) is 0.0679. The van der Waals surface area contributed by atoms with Crippen LogP contribution in [0.15, 0.2) is 65.0 Å². The second-order valence-electron chi connectivity index (χ2n) is 6.40. The molecule has 132 valence electrons. The van der Waals surface area contributed by atoms with Crippen LogP contribution in [0, 0.1) is 0 Å². The lowest BCUT2D eigenvalue weighted by atomic mass is 10.1. The molecular formula is C21H21N3OS. The summed E-state index contributed by atoms with van der Waals surface area (Å²) < 4.78 is 0. The average Bonchev–Trinajstić information content (AvgIpc) is 3.27. The van der Waals surface area contributed by atoms with Crippen LogP contribution >= 0.6 is 11.8 Å². The Morgan fingerprint density at radius 3 is 2.73 bits per heavy atom. The third-order valence-electron chi connectivity index (χ3n) is 4.54. The van der Waals surface area contributed by atoms with E-state index in [-0.39, 0.29) is 5.91 Å². The average molecular weight is 363 g/mol. The Bertz CT molecular complexity index is 843. The van der Waals surface area contributed by atoms with E-state index in [1.54, 1.807) is 11.8 Å². The second kappa shape index (κ2) is 7.79. The van der Waals surface area contributed by atoms with Crippen molar-refractivity contribution in [2.24, 2.45) is 4.99 Å². The molecule has 0 aromatic heterocycles. The Hall–Kier alpha value is -2.53. The minimum Gasteiger partial charge on any atom is -0.326 e. The molecule has 0 unspecified atom stereocenters. The number of amides is 1. The molecule has 0 saturated carbocycles. The summed E-state index contributed by atoms with van der Waals surface area (Å²) in [6.07, 6.45) is 2.32. The van der Waals surface area contributed by atoms with Crippen LogP contribution < -0.4 is 5.32 Å². The third-order valence-corrected chi connectivity index (χ3v) is 5.45. The Morgan fingerprint density at radius 1 is 1.12 bits per heavy atom. The lowest BCUT2D eigenvalue weighted by Crippen LogP contribution is -2.19. The minimum atomic E-state index is 0.0679. The van der Waals surface area contributed by atoms with E-state index < -0.39 is 0 Å². The molecule has 0 saturated heterocycles. The number of carbonyl (C=O) groups excluding carboxylic acids is 1. The molecule has 0 aliphatic carbocycles. The first-order chi connectivity index (χ1) is 12.8. The second-order valence-corrected chi connectivity index (χ2v) is 7.24. The predicted molar refractivity (Wildman–Crippen MR) is 109 cm³/mol. The van der Waals surface area contributed by atoms with Gasteiger partial charge in [0, 0.05) is 24.1 Å². The third kappa shape index (κ3) is 3.83. The SMILES string of the molecule is O=C(CCCc1ccccc1)Nc1ccc(C2=CSC3=NCCN23)cc1. The highest BCUT2D eigenvalue weighted by atomic mass is 32.2. The first kappa shape index (κ1) is 16.9. The molecule has 1 N–H and O–H groups in total. The fraction of sp³-hybridized carbons (Fsp3) is 0.238. The van der Waals surface area contributed by atoms with Crippen LogP contribution in [0.4, 0.5) is 5.69 Å². The number of carbonyl (C=O) groups is 1. The summed E-state index contributed by atoms with van der Waals surface area (Å²) in [5, 5.41) is 6.23. The normalized spacial score (nSPS) is 15.5. The Morgan fingerprint density at radius 2 is 1.92 bits per heavy atom. The van der Waals surface area contributed by atoms with Crippen LogP contribution in [-0.4, -0.2) is 29.1 Å². The van der Waals surface area contributed by atoms with Gasteiger partial charge in [0.1, 0.15) is 0 Å². The van der Waals surface area contributed by atoms with Gasteiger partial charge in [-0.25, -0.2) is 0 Å². The number of thioether (sulfide) groups is 1. The molecule has 4 nitrogen and oxygen atoms in total. The quantitative estimate of drug-likeness (QED) is 0.829. The summed E-state index contributed by atoms with van der Waals surface area (Å²) in [6, 6.07) is 18.4. The van der Waals surface area contributed by atoms with Crippen molar-refractivity contribution in [1.82, 2.24) is 4.90 Å². The molecule has 0 bridgehead atoms. The molecule has 26 heavy (non-hydrogen) atoms. The molecule has 2 aliphatic heterocycles. The maximum Gasteiger partial charge on any atom is 0.224 e. The summed E-state index contributed by atoms with van der Waals surface area (Å²) in [7, 11) is 0. The van der Waals surface area contributed by atoms with E-state index in [9.17, 15) is 4.79 Å². The highest BCUT2D eigenvalue weighted by Crippen LogP contribution is 2.35. The zero-order chi connectivity index (χ0) is 17.8. The van der Waals surface area contributed by atoms with Crippen molar-refractivity contribution >= 4 is 34.2 Å².